The number of hydrogen-bond donors (Lipinski definition) is 1. The number of para-hydroxylation sites is 1. The van der Waals surface area contributed by atoms with E-state index in [1.807, 2.05) is 30.1 Å². The molecular weight excluding hydrogens is 256 g/mol. The van der Waals surface area contributed by atoms with Crippen LogP contribution in [0.1, 0.15) is 6.42 Å². The highest BCUT2D eigenvalue weighted by atomic mass is 16.5. The van der Waals surface area contributed by atoms with Crippen LogP contribution < -0.4 is 4.90 Å². The van der Waals surface area contributed by atoms with Gasteiger partial charge in [0.05, 0.1) is 13.2 Å². The molecule has 1 heterocycles. The van der Waals surface area contributed by atoms with Gasteiger partial charge in [-0.05, 0) is 12.1 Å². The highest BCUT2D eigenvalue weighted by Crippen LogP contribution is 2.19. The maximum Gasteiger partial charge on any atom is 0.323 e. The molecule has 1 saturated heterocycles. The molecule has 5 nitrogen and oxygen atoms in total. The largest absolute Gasteiger partial charge is 0.468 e. The highest BCUT2D eigenvalue weighted by Gasteiger charge is 2.36. The number of β-amino-alcohol motifs (C(OH)–C–C–N with tert-alkyl or cyclic N) is 1. The zero-order chi connectivity index (χ0) is 14.5. The quantitative estimate of drug-likeness (QED) is 0.805. The van der Waals surface area contributed by atoms with Crippen molar-refractivity contribution in [2.45, 2.75) is 18.6 Å². The van der Waals surface area contributed by atoms with Crippen molar-refractivity contribution in [3.05, 3.63) is 30.3 Å². The lowest BCUT2D eigenvalue weighted by Gasteiger charge is -2.26. The summed E-state index contributed by atoms with van der Waals surface area (Å²) >= 11 is 0. The summed E-state index contributed by atoms with van der Waals surface area (Å²) < 4.78 is 4.80. The number of methoxy groups -OCH3 is 1. The summed E-state index contributed by atoms with van der Waals surface area (Å²) in [6, 6.07) is 9.78. The van der Waals surface area contributed by atoms with E-state index in [0.29, 0.717) is 13.0 Å². The minimum atomic E-state index is -0.443. The Labute approximate surface area is 119 Å². The van der Waals surface area contributed by atoms with E-state index in [1.165, 1.54) is 7.11 Å². The molecule has 0 spiro atoms. The topological polar surface area (TPSA) is 53.0 Å². The third-order valence-electron chi connectivity index (χ3n) is 3.77. The summed E-state index contributed by atoms with van der Waals surface area (Å²) in [7, 11) is 3.41. The van der Waals surface area contributed by atoms with Gasteiger partial charge in [0.1, 0.15) is 6.04 Å². The predicted octanol–water partition coefficient (Wildman–Crippen LogP) is 0.731. The van der Waals surface area contributed by atoms with Crippen molar-refractivity contribution < 1.29 is 14.6 Å². The first-order valence-electron chi connectivity index (χ1n) is 6.88. The molecule has 0 aromatic heterocycles. The average molecular weight is 278 g/mol. The van der Waals surface area contributed by atoms with Crippen LogP contribution in [-0.2, 0) is 9.53 Å². The normalized spacial score (nSPS) is 22.8. The molecule has 5 heteroatoms. The zero-order valence-corrected chi connectivity index (χ0v) is 12.0. The number of carbonyl (C=O) groups excluding carboxylic acids is 1. The number of aliphatic hydroxyl groups excluding tert-OH is 1. The van der Waals surface area contributed by atoms with Gasteiger partial charge in [0.25, 0.3) is 0 Å². The highest BCUT2D eigenvalue weighted by molar-refractivity contribution is 5.76. The van der Waals surface area contributed by atoms with Gasteiger partial charge >= 0.3 is 5.97 Å². The first-order chi connectivity index (χ1) is 9.61. The van der Waals surface area contributed by atoms with Crippen molar-refractivity contribution in [3.63, 3.8) is 0 Å². The zero-order valence-electron chi connectivity index (χ0n) is 12.0. The summed E-state index contributed by atoms with van der Waals surface area (Å²) in [4.78, 5) is 15.8. The molecule has 0 saturated carbocycles. The molecule has 1 fully saturated rings. The lowest BCUT2D eigenvalue weighted by molar-refractivity contribution is -0.145. The van der Waals surface area contributed by atoms with Crippen LogP contribution in [0.2, 0.25) is 0 Å². The second-order valence-corrected chi connectivity index (χ2v) is 5.18. The van der Waals surface area contributed by atoms with E-state index in [0.717, 1.165) is 18.8 Å². The predicted molar refractivity (Wildman–Crippen MR) is 77.7 cm³/mol. The van der Waals surface area contributed by atoms with Crippen LogP contribution in [0.25, 0.3) is 0 Å². The number of nitrogens with zero attached hydrogens (tertiary/aromatic N) is 2. The van der Waals surface area contributed by atoms with E-state index in [1.54, 1.807) is 0 Å². The third-order valence-corrected chi connectivity index (χ3v) is 3.77. The van der Waals surface area contributed by atoms with Crippen molar-refractivity contribution in [1.29, 1.82) is 0 Å². The SMILES string of the molecule is COC(=O)[C@@H]1C[C@@H](O)CN1CCN(C)c1ccccc1. The van der Waals surface area contributed by atoms with E-state index in [9.17, 15) is 9.90 Å². The molecule has 2 atom stereocenters. The van der Waals surface area contributed by atoms with Gasteiger partial charge in [-0.2, -0.15) is 0 Å². The molecule has 20 heavy (non-hydrogen) atoms. The maximum atomic E-state index is 11.7. The molecule has 0 amide bonds. The van der Waals surface area contributed by atoms with E-state index >= 15 is 0 Å². The average Bonchev–Trinajstić information content (AvgIpc) is 2.86. The van der Waals surface area contributed by atoms with E-state index in [2.05, 4.69) is 17.0 Å². The van der Waals surface area contributed by atoms with E-state index in [-0.39, 0.29) is 12.0 Å². The van der Waals surface area contributed by atoms with Gasteiger partial charge in [0.2, 0.25) is 0 Å². The van der Waals surface area contributed by atoms with Crippen molar-refractivity contribution in [1.82, 2.24) is 4.90 Å². The Morgan fingerprint density at radius 3 is 2.80 bits per heavy atom. The van der Waals surface area contributed by atoms with Crippen LogP contribution in [0.5, 0.6) is 0 Å². The van der Waals surface area contributed by atoms with E-state index in [4.69, 9.17) is 4.74 Å². The molecule has 1 aliphatic rings. The number of aliphatic hydroxyl groups is 1. The second-order valence-electron chi connectivity index (χ2n) is 5.18. The van der Waals surface area contributed by atoms with Crippen LogP contribution in [0, 0.1) is 0 Å². The van der Waals surface area contributed by atoms with Crippen molar-refractivity contribution in [3.8, 4) is 0 Å². The molecule has 2 rings (SSSR count). The minimum absolute atomic E-state index is 0.260. The Hall–Kier alpha value is -1.59. The summed E-state index contributed by atoms with van der Waals surface area (Å²) in [6.07, 6.45) is 0.0166. The van der Waals surface area contributed by atoms with Crippen LogP contribution in [-0.4, -0.2) is 61.9 Å². The number of benzene rings is 1. The number of likely N-dealkylation sites (tertiary alicyclic amines) is 1. The van der Waals surface area contributed by atoms with Gasteiger partial charge < -0.3 is 14.7 Å². The molecule has 1 N–H and O–H groups in total. The van der Waals surface area contributed by atoms with Gasteiger partial charge in [-0.25, -0.2) is 0 Å². The maximum absolute atomic E-state index is 11.7. The fraction of sp³-hybridized carbons (Fsp3) is 0.533. The third kappa shape index (κ3) is 3.49. The standard InChI is InChI=1S/C15H22N2O3/c1-16(12-6-4-3-5-7-12)8-9-17-11-13(18)10-14(17)15(19)20-2/h3-7,13-14,18H,8-11H2,1-2H3/t13-,14+/m1/s1. The molecule has 0 radical (unpaired) electrons. The van der Waals surface area contributed by atoms with Gasteiger partial charge in [0.15, 0.2) is 0 Å². The number of hydrogen-bond acceptors (Lipinski definition) is 5. The van der Waals surface area contributed by atoms with Gasteiger partial charge in [-0.1, -0.05) is 18.2 Å². The van der Waals surface area contributed by atoms with E-state index < -0.39 is 6.10 Å². The molecular formula is C15H22N2O3. The van der Waals surface area contributed by atoms with Crippen molar-refractivity contribution in [2.75, 3.05) is 38.7 Å². The Morgan fingerprint density at radius 1 is 1.45 bits per heavy atom. The molecule has 0 aliphatic carbocycles. The molecule has 1 aliphatic heterocycles. The monoisotopic (exact) mass is 278 g/mol. The van der Waals surface area contributed by atoms with Crippen LogP contribution in [0.15, 0.2) is 30.3 Å². The Balaban J connectivity index is 1.91. The Bertz CT molecular complexity index is 438. The number of anilines is 1. The number of carbonyl (C=O) groups is 1. The lowest BCUT2D eigenvalue weighted by Crippen LogP contribution is -2.41. The molecule has 1 aromatic rings. The molecule has 0 bridgehead atoms. The number of ether oxygens (including phenoxy) is 1. The summed E-state index contributed by atoms with van der Waals surface area (Å²) in [6.45, 7) is 2.05. The lowest BCUT2D eigenvalue weighted by atomic mass is 10.2. The smallest absolute Gasteiger partial charge is 0.323 e. The van der Waals surface area contributed by atoms with Crippen LogP contribution in [0.4, 0.5) is 5.69 Å². The first kappa shape index (κ1) is 14.8. The molecule has 0 unspecified atom stereocenters. The fourth-order valence-corrected chi connectivity index (χ4v) is 2.60. The molecule has 1 aromatic carbocycles. The van der Waals surface area contributed by atoms with Gasteiger partial charge in [-0.3, -0.25) is 9.69 Å². The van der Waals surface area contributed by atoms with Gasteiger partial charge in [0, 0.05) is 38.8 Å². The van der Waals surface area contributed by atoms with Gasteiger partial charge in [-0.15, -0.1) is 0 Å². The van der Waals surface area contributed by atoms with Crippen molar-refractivity contribution >= 4 is 11.7 Å². The number of likely N-dealkylation sites (N-methyl/N-ethyl adjacent to an activating group) is 1. The Morgan fingerprint density at radius 2 is 2.15 bits per heavy atom. The summed E-state index contributed by atoms with van der Waals surface area (Å²) in [5.41, 5.74) is 1.14. The molecule has 110 valence electrons. The number of rotatable bonds is 5. The number of esters is 1. The fourth-order valence-electron chi connectivity index (χ4n) is 2.60. The van der Waals surface area contributed by atoms with Crippen LogP contribution in [0.3, 0.4) is 0 Å². The van der Waals surface area contributed by atoms with Crippen LogP contribution >= 0.6 is 0 Å². The Kier molecular flexibility index (Phi) is 4.98. The van der Waals surface area contributed by atoms with Crippen molar-refractivity contribution in [2.24, 2.45) is 0 Å². The minimum Gasteiger partial charge on any atom is -0.468 e. The summed E-state index contributed by atoms with van der Waals surface area (Å²) in [5, 5.41) is 9.73. The second kappa shape index (κ2) is 6.72. The summed E-state index contributed by atoms with van der Waals surface area (Å²) in [5.74, 6) is -0.260. The first-order valence-corrected chi connectivity index (χ1v) is 6.88.